The summed E-state index contributed by atoms with van der Waals surface area (Å²) in [5.74, 6) is -1.18. The van der Waals surface area contributed by atoms with Crippen LogP contribution in [0.2, 0.25) is 0 Å². The van der Waals surface area contributed by atoms with Crippen LogP contribution in [0.5, 0.6) is 11.5 Å². The number of hydrogen-bond donors (Lipinski definition) is 2. The van der Waals surface area contributed by atoms with Crippen LogP contribution >= 0.6 is 0 Å². The molecule has 7 rings (SSSR count). The summed E-state index contributed by atoms with van der Waals surface area (Å²) < 4.78 is 41.9. The molecule has 3 fully saturated rings. The van der Waals surface area contributed by atoms with E-state index >= 15 is 0 Å². The van der Waals surface area contributed by atoms with Gasteiger partial charge in [-0.2, -0.15) is 5.10 Å². The Morgan fingerprint density at radius 1 is 1.10 bits per heavy atom. The number of allylic oxidation sites excluding steroid dienone is 1. The van der Waals surface area contributed by atoms with E-state index in [0.717, 1.165) is 35.9 Å². The van der Waals surface area contributed by atoms with Crippen LogP contribution in [0.4, 0.5) is 0 Å². The largest absolute Gasteiger partial charge is 0.496 e. The van der Waals surface area contributed by atoms with Gasteiger partial charge in [0, 0.05) is 42.7 Å². The first-order chi connectivity index (χ1) is 24.8. The first kappa shape index (κ1) is 35.9. The summed E-state index contributed by atoms with van der Waals surface area (Å²) in [6, 6.07) is 7.55. The number of sulfonamides is 1. The summed E-state index contributed by atoms with van der Waals surface area (Å²) in [7, 11) is -0.458. The van der Waals surface area contributed by atoms with E-state index in [1.807, 2.05) is 49.5 Å². The number of ether oxygens (including phenoxy) is 2. The lowest BCUT2D eigenvalue weighted by atomic mass is 9.93. The highest BCUT2D eigenvalue weighted by Gasteiger charge is 2.62. The highest BCUT2D eigenvalue weighted by atomic mass is 32.2. The van der Waals surface area contributed by atoms with Gasteiger partial charge in [-0.1, -0.05) is 26.0 Å². The average molecular weight is 733 g/mol. The Hall–Kier alpha value is -4.46. The molecule has 0 bridgehead atoms. The van der Waals surface area contributed by atoms with Crippen LogP contribution in [0, 0.1) is 24.7 Å². The van der Waals surface area contributed by atoms with Gasteiger partial charge in [-0.15, -0.1) is 0 Å². The number of pyridine rings is 1. The zero-order valence-corrected chi connectivity index (χ0v) is 31.2. The Morgan fingerprint density at radius 2 is 1.87 bits per heavy atom. The average Bonchev–Trinajstić information content (AvgIpc) is 3.98. The van der Waals surface area contributed by atoms with Gasteiger partial charge in [0.15, 0.2) is 5.82 Å². The Kier molecular flexibility index (Phi) is 9.55. The molecule has 1 unspecified atom stereocenters. The number of aromatic nitrogens is 3. The first-order valence-electron chi connectivity index (χ1n) is 18.3. The third-order valence-electron chi connectivity index (χ3n) is 11.1. The van der Waals surface area contributed by atoms with Crippen LogP contribution in [0.15, 0.2) is 42.6 Å². The monoisotopic (exact) mass is 732 g/mol. The summed E-state index contributed by atoms with van der Waals surface area (Å²) in [4.78, 5) is 48.6. The highest BCUT2D eigenvalue weighted by Crippen LogP contribution is 2.47. The first-order valence-corrected chi connectivity index (χ1v) is 19.9. The maximum atomic E-state index is 14.3. The van der Waals surface area contributed by atoms with Crippen LogP contribution in [0.1, 0.15) is 82.4 Å². The minimum Gasteiger partial charge on any atom is -0.496 e. The Morgan fingerprint density at radius 3 is 2.58 bits per heavy atom. The third-order valence-corrected chi connectivity index (χ3v) is 12.9. The van der Waals surface area contributed by atoms with Crippen LogP contribution in [-0.4, -0.2) is 83.4 Å². The second-order valence-electron chi connectivity index (χ2n) is 15.2. The quantitative estimate of drug-likeness (QED) is 0.322. The van der Waals surface area contributed by atoms with Gasteiger partial charge in [-0.25, -0.2) is 18.1 Å². The van der Waals surface area contributed by atoms with Crippen molar-refractivity contribution < 1.29 is 32.3 Å². The van der Waals surface area contributed by atoms with Gasteiger partial charge in [0.2, 0.25) is 21.8 Å². The fourth-order valence-electron chi connectivity index (χ4n) is 7.65. The molecule has 278 valence electrons. The van der Waals surface area contributed by atoms with Crippen molar-refractivity contribution >= 4 is 38.6 Å². The van der Waals surface area contributed by atoms with Gasteiger partial charge in [0.25, 0.3) is 5.91 Å². The SMILES string of the molecule is COc1ccc2c(O[C@@H]3CC4C(=O)N[C@]5(C(=O)NS(=O)(=O)C6CC6)C[C@H]5/C=C\CCCCN(C)C(=O)[C@@H]4C3)cc(-n3ccc(C(C)C)n3)nc2c1C. The molecule has 3 saturated carbocycles. The molecule has 14 heteroatoms. The molecular formula is C38H48N6O7S. The zero-order chi connectivity index (χ0) is 36.9. The van der Waals surface area contributed by atoms with Crippen molar-refractivity contribution in [3.63, 3.8) is 0 Å². The molecule has 3 aliphatic carbocycles. The fourth-order valence-corrected chi connectivity index (χ4v) is 9.01. The molecule has 0 saturated heterocycles. The third kappa shape index (κ3) is 6.89. The summed E-state index contributed by atoms with van der Waals surface area (Å²) in [6.07, 6.45) is 9.42. The topological polar surface area (TPSA) is 162 Å². The van der Waals surface area contributed by atoms with Crippen molar-refractivity contribution in [2.75, 3.05) is 20.7 Å². The molecule has 13 nitrogen and oxygen atoms in total. The lowest BCUT2D eigenvalue weighted by Gasteiger charge is -2.26. The number of rotatable bonds is 8. The smallest absolute Gasteiger partial charge is 0.259 e. The molecule has 3 heterocycles. The standard InChI is InChI=1S/C38H48N6O7S/c1-22(2)30-15-17-44(41-30)33-20-32(27-13-14-31(50-5)23(3)34(27)39-33)51-25-18-28-29(19-25)36(46)43(4)16-9-7-6-8-10-24-21-38(24,40-35(28)45)37(47)42-52(48,49)26-11-12-26/h8,10,13-15,17,20,22,24-26,28-29H,6-7,9,11-12,16,18-19,21H2,1-5H3,(H,40,45)(H,42,47)/b10-8-/t24-,25-,28?,29-,38-/m1/s1. The number of carbonyl (C=O) groups is 3. The van der Waals surface area contributed by atoms with Gasteiger partial charge >= 0.3 is 0 Å². The van der Waals surface area contributed by atoms with E-state index < -0.39 is 50.6 Å². The van der Waals surface area contributed by atoms with E-state index in [-0.39, 0.29) is 37.0 Å². The molecule has 4 aliphatic rings. The Balaban J connectivity index is 1.21. The molecule has 0 spiro atoms. The van der Waals surface area contributed by atoms with Gasteiger partial charge in [0.05, 0.1) is 35.4 Å². The second kappa shape index (κ2) is 13.8. The van der Waals surface area contributed by atoms with E-state index in [2.05, 4.69) is 23.9 Å². The molecule has 3 aromatic rings. The summed E-state index contributed by atoms with van der Waals surface area (Å²) in [5, 5.41) is 7.87. The maximum absolute atomic E-state index is 14.3. The zero-order valence-electron chi connectivity index (χ0n) is 30.4. The van der Waals surface area contributed by atoms with Crippen molar-refractivity contribution in [1.29, 1.82) is 0 Å². The molecule has 1 aromatic carbocycles. The lowest BCUT2D eigenvalue weighted by molar-refractivity contribution is -0.140. The number of amides is 3. The number of aryl methyl sites for hydroxylation is 1. The summed E-state index contributed by atoms with van der Waals surface area (Å²) in [6.45, 7) is 6.64. The fraction of sp³-hybridized carbons (Fsp3) is 0.553. The van der Waals surface area contributed by atoms with Crippen LogP contribution in [0.25, 0.3) is 16.7 Å². The lowest BCUT2D eigenvalue weighted by Crippen LogP contribution is -2.54. The number of carbonyl (C=O) groups excluding carboxylic acids is 3. The molecular weight excluding hydrogens is 685 g/mol. The molecule has 1 aliphatic heterocycles. The molecule has 2 aromatic heterocycles. The number of fused-ring (bicyclic) bond motifs is 3. The second-order valence-corrected chi connectivity index (χ2v) is 17.1. The Labute approximate surface area is 304 Å². The molecule has 0 radical (unpaired) electrons. The molecule has 2 N–H and O–H groups in total. The minimum atomic E-state index is -3.83. The van der Waals surface area contributed by atoms with E-state index in [4.69, 9.17) is 19.6 Å². The van der Waals surface area contributed by atoms with Crippen LogP contribution in [-0.2, 0) is 24.4 Å². The van der Waals surface area contributed by atoms with Crippen molar-refractivity contribution in [3.05, 3.63) is 53.9 Å². The van der Waals surface area contributed by atoms with E-state index in [1.165, 1.54) is 0 Å². The Bertz CT molecular complexity index is 2040. The summed E-state index contributed by atoms with van der Waals surface area (Å²) in [5.41, 5.74) is 1.03. The van der Waals surface area contributed by atoms with Gasteiger partial charge in [0.1, 0.15) is 23.1 Å². The number of methoxy groups -OCH3 is 1. The highest BCUT2D eigenvalue weighted by molar-refractivity contribution is 7.91. The normalized spacial score (nSPS) is 27.4. The predicted octanol–water partition coefficient (Wildman–Crippen LogP) is 4.32. The molecule has 3 amide bonds. The van der Waals surface area contributed by atoms with E-state index in [0.29, 0.717) is 42.2 Å². The van der Waals surface area contributed by atoms with Crippen molar-refractivity contribution in [3.8, 4) is 17.3 Å². The van der Waals surface area contributed by atoms with Gasteiger partial charge in [-0.3, -0.25) is 19.1 Å². The molecule has 5 atom stereocenters. The van der Waals surface area contributed by atoms with E-state index in [9.17, 15) is 22.8 Å². The van der Waals surface area contributed by atoms with Crippen molar-refractivity contribution in [1.82, 2.24) is 29.7 Å². The number of hydrogen-bond acceptors (Lipinski definition) is 9. The van der Waals surface area contributed by atoms with Gasteiger partial charge in [-0.05, 0) is 82.4 Å². The van der Waals surface area contributed by atoms with Crippen molar-refractivity contribution in [2.45, 2.75) is 94.9 Å². The number of nitrogens with one attached hydrogen (secondary N) is 2. The minimum absolute atomic E-state index is 0.153. The number of nitrogens with zero attached hydrogens (tertiary/aromatic N) is 4. The predicted molar refractivity (Wildman–Crippen MR) is 195 cm³/mol. The maximum Gasteiger partial charge on any atom is 0.259 e. The molecule has 52 heavy (non-hydrogen) atoms. The van der Waals surface area contributed by atoms with Crippen LogP contribution in [0.3, 0.4) is 0 Å². The van der Waals surface area contributed by atoms with E-state index in [1.54, 1.807) is 23.7 Å². The number of benzene rings is 1. The van der Waals surface area contributed by atoms with Gasteiger partial charge < -0.3 is 19.7 Å². The van der Waals surface area contributed by atoms with Crippen molar-refractivity contribution in [2.24, 2.45) is 17.8 Å². The summed E-state index contributed by atoms with van der Waals surface area (Å²) >= 11 is 0. The van der Waals surface area contributed by atoms with Crippen LogP contribution < -0.4 is 19.5 Å².